The second-order valence-corrected chi connectivity index (χ2v) is 3.64. The van der Waals surface area contributed by atoms with Crippen LogP contribution in [0.5, 0.6) is 5.88 Å². The smallest absolute Gasteiger partial charge is 0.328 e. The van der Waals surface area contributed by atoms with Gasteiger partial charge in [0.1, 0.15) is 0 Å². The van der Waals surface area contributed by atoms with Crippen molar-refractivity contribution in [3.63, 3.8) is 0 Å². The molecule has 1 aromatic carbocycles. The van der Waals surface area contributed by atoms with Gasteiger partial charge in [-0.15, -0.1) is 0 Å². The van der Waals surface area contributed by atoms with Crippen LogP contribution in [0.1, 0.15) is 5.56 Å². The highest BCUT2D eigenvalue weighted by Crippen LogP contribution is 2.03. The summed E-state index contributed by atoms with van der Waals surface area (Å²) in [5.41, 5.74) is 0.754. The molecule has 2 rings (SSSR count). The van der Waals surface area contributed by atoms with Crippen LogP contribution < -0.4 is 5.69 Å². The second-order valence-electron chi connectivity index (χ2n) is 3.64. The molecule has 1 heterocycles. The van der Waals surface area contributed by atoms with Crippen LogP contribution in [0.3, 0.4) is 0 Å². The van der Waals surface area contributed by atoms with Gasteiger partial charge in [0.25, 0.3) is 0 Å². The number of aromatic nitrogens is 2. The molecular weight excluding hydrogens is 220 g/mol. The van der Waals surface area contributed by atoms with Crippen LogP contribution in [0, 0.1) is 0 Å². The zero-order chi connectivity index (χ0) is 12.1. The van der Waals surface area contributed by atoms with Crippen LogP contribution >= 0.6 is 0 Å². The largest absolute Gasteiger partial charge is 0.493 e. The van der Waals surface area contributed by atoms with Crippen molar-refractivity contribution in [2.24, 2.45) is 0 Å². The molecule has 0 bridgehead atoms. The molecule has 0 unspecified atom stereocenters. The van der Waals surface area contributed by atoms with E-state index in [2.05, 4.69) is 4.98 Å². The zero-order valence-electron chi connectivity index (χ0n) is 9.30. The van der Waals surface area contributed by atoms with E-state index in [0.29, 0.717) is 19.8 Å². The van der Waals surface area contributed by atoms with Crippen molar-refractivity contribution in [3.8, 4) is 5.88 Å². The van der Waals surface area contributed by atoms with Crippen molar-refractivity contribution >= 4 is 0 Å². The van der Waals surface area contributed by atoms with E-state index < -0.39 is 0 Å². The van der Waals surface area contributed by atoms with Crippen molar-refractivity contribution in [3.05, 3.63) is 52.6 Å². The number of imidazole rings is 1. The van der Waals surface area contributed by atoms with Crippen molar-refractivity contribution in [2.75, 3.05) is 6.61 Å². The molecule has 0 atom stereocenters. The van der Waals surface area contributed by atoms with E-state index in [-0.39, 0.29) is 11.6 Å². The first-order chi connectivity index (χ1) is 8.27. The Hall–Kier alpha value is -2.01. The van der Waals surface area contributed by atoms with Gasteiger partial charge in [-0.3, -0.25) is 4.57 Å². The number of aromatic amines is 1. The Morgan fingerprint density at radius 2 is 2.06 bits per heavy atom. The van der Waals surface area contributed by atoms with Crippen LogP contribution in [0.25, 0.3) is 0 Å². The Labute approximate surface area is 98.3 Å². The number of hydrogen-bond acceptors (Lipinski definition) is 3. The maximum absolute atomic E-state index is 11.2. The van der Waals surface area contributed by atoms with Gasteiger partial charge in [0, 0.05) is 0 Å². The first-order valence-corrected chi connectivity index (χ1v) is 5.36. The fourth-order valence-electron chi connectivity index (χ4n) is 1.52. The summed E-state index contributed by atoms with van der Waals surface area (Å²) in [6.45, 7) is 1.21. The Balaban J connectivity index is 1.79. The summed E-state index contributed by atoms with van der Waals surface area (Å²) in [7, 11) is 0. The van der Waals surface area contributed by atoms with Gasteiger partial charge in [-0.05, 0) is 5.56 Å². The van der Waals surface area contributed by atoms with Crippen molar-refractivity contribution < 1.29 is 9.84 Å². The molecule has 2 N–H and O–H groups in total. The fourth-order valence-corrected chi connectivity index (χ4v) is 1.52. The lowest BCUT2D eigenvalue weighted by molar-refractivity contribution is 0.111. The fraction of sp³-hybridized carbons (Fsp3) is 0.250. The number of nitrogens with one attached hydrogen (secondary N) is 1. The molecule has 5 nitrogen and oxygen atoms in total. The van der Waals surface area contributed by atoms with Crippen LogP contribution in [-0.2, 0) is 17.9 Å². The molecule has 5 heteroatoms. The topological polar surface area (TPSA) is 67.2 Å². The summed E-state index contributed by atoms with van der Waals surface area (Å²) in [5, 5.41) is 9.32. The predicted molar refractivity (Wildman–Crippen MR) is 62.8 cm³/mol. The van der Waals surface area contributed by atoms with E-state index in [0.717, 1.165) is 5.56 Å². The summed E-state index contributed by atoms with van der Waals surface area (Å²) < 4.78 is 6.65. The van der Waals surface area contributed by atoms with Gasteiger partial charge < -0.3 is 14.8 Å². The first kappa shape index (κ1) is 11.5. The standard InChI is InChI=1S/C12H14N2O3/c15-11-8-13-12(16)14(11)6-7-17-9-10-4-2-1-3-5-10/h1-5,8,15H,6-7,9H2,(H,13,16). The number of ether oxygens (including phenoxy) is 1. The summed E-state index contributed by atoms with van der Waals surface area (Å²) in [6.07, 6.45) is 1.26. The van der Waals surface area contributed by atoms with Gasteiger partial charge in [0.15, 0.2) is 0 Å². The maximum Gasteiger partial charge on any atom is 0.328 e. The summed E-state index contributed by atoms with van der Waals surface area (Å²) in [4.78, 5) is 13.6. The van der Waals surface area contributed by atoms with E-state index in [1.54, 1.807) is 0 Å². The van der Waals surface area contributed by atoms with E-state index >= 15 is 0 Å². The van der Waals surface area contributed by atoms with Gasteiger partial charge in [-0.25, -0.2) is 4.79 Å². The average Bonchev–Trinajstić information content (AvgIpc) is 2.67. The second kappa shape index (κ2) is 5.36. The molecule has 0 aliphatic carbocycles. The van der Waals surface area contributed by atoms with Gasteiger partial charge in [-0.1, -0.05) is 30.3 Å². The SMILES string of the molecule is O=c1[nH]cc(O)n1CCOCc1ccccc1. The van der Waals surface area contributed by atoms with Gasteiger partial charge >= 0.3 is 5.69 Å². The monoisotopic (exact) mass is 234 g/mol. The molecule has 0 fully saturated rings. The molecule has 0 aliphatic rings. The number of hydrogen-bond donors (Lipinski definition) is 2. The van der Waals surface area contributed by atoms with Gasteiger partial charge in [0.05, 0.1) is 26.0 Å². The minimum atomic E-state index is -0.328. The van der Waals surface area contributed by atoms with Crippen molar-refractivity contribution in [1.29, 1.82) is 0 Å². The predicted octanol–water partition coefficient (Wildman–Crippen LogP) is 1.10. The number of H-pyrrole nitrogens is 1. The summed E-state index contributed by atoms with van der Waals surface area (Å²) in [5.74, 6) is -0.0710. The molecule has 0 saturated heterocycles. The normalized spacial score (nSPS) is 10.6. The molecule has 17 heavy (non-hydrogen) atoms. The molecular formula is C12H14N2O3. The molecule has 90 valence electrons. The number of benzene rings is 1. The zero-order valence-corrected chi connectivity index (χ0v) is 9.30. The number of rotatable bonds is 5. The Morgan fingerprint density at radius 3 is 2.71 bits per heavy atom. The van der Waals surface area contributed by atoms with Gasteiger partial charge in [-0.2, -0.15) is 0 Å². The number of aromatic hydroxyl groups is 1. The molecule has 2 aromatic rings. The highest BCUT2D eigenvalue weighted by atomic mass is 16.5. The summed E-state index contributed by atoms with van der Waals surface area (Å²) >= 11 is 0. The third-order valence-corrected chi connectivity index (χ3v) is 2.42. The first-order valence-electron chi connectivity index (χ1n) is 5.36. The Morgan fingerprint density at radius 1 is 1.29 bits per heavy atom. The number of nitrogens with zero attached hydrogens (tertiary/aromatic N) is 1. The molecule has 1 aromatic heterocycles. The Kier molecular flexibility index (Phi) is 3.62. The molecule has 0 saturated carbocycles. The van der Waals surface area contributed by atoms with Crippen molar-refractivity contribution in [1.82, 2.24) is 9.55 Å². The van der Waals surface area contributed by atoms with Crippen LogP contribution in [0.4, 0.5) is 0 Å². The minimum absolute atomic E-state index is 0.0710. The molecule has 0 spiro atoms. The lowest BCUT2D eigenvalue weighted by Gasteiger charge is -2.05. The molecule has 0 radical (unpaired) electrons. The van der Waals surface area contributed by atoms with E-state index in [1.807, 2.05) is 30.3 Å². The molecule has 0 aliphatic heterocycles. The van der Waals surface area contributed by atoms with E-state index in [4.69, 9.17) is 4.74 Å². The van der Waals surface area contributed by atoms with E-state index in [1.165, 1.54) is 10.8 Å². The van der Waals surface area contributed by atoms with E-state index in [9.17, 15) is 9.90 Å². The third-order valence-electron chi connectivity index (χ3n) is 2.42. The molecule has 0 amide bonds. The minimum Gasteiger partial charge on any atom is -0.493 e. The van der Waals surface area contributed by atoms with Gasteiger partial charge in [0.2, 0.25) is 5.88 Å². The highest BCUT2D eigenvalue weighted by Gasteiger charge is 2.03. The van der Waals surface area contributed by atoms with Crippen LogP contribution in [0.2, 0.25) is 0 Å². The third kappa shape index (κ3) is 2.98. The highest BCUT2D eigenvalue weighted by molar-refractivity contribution is 5.13. The van der Waals surface area contributed by atoms with Crippen LogP contribution in [-0.4, -0.2) is 21.3 Å². The maximum atomic E-state index is 11.2. The lowest BCUT2D eigenvalue weighted by atomic mass is 10.2. The summed E-state index contributed by atoms with van der Waals surface area (Å²) in [6, 6.07) is 9.78. The van der Waals surface area contributed by atoms with Crippen LogP contribution in [0.15, 0.2) is 41.3 Å². The lowest BCUT2D eigenvalue weighted by Crippen LogP contribution is -2.19. The Bertz CT molecular complexity index is 516. The quantitative estimate of drug-likeness (QED) is 0.761. The van der Waals surface area contributed by atoms with Crippen molar-refractivity contribution in [2.45, 2.75) is 13.2 Å². The average molecular weight is 234 g/mol.